The van der Waals surface area contributed by atoms with E-state index in [1.165, 1.54) is 0 Å². The first-order valence-corrected chi connectivity index (χ1v) is 9.53. The summed E-state index contributed by atoms with van der Waals surface area (Å²) < 4.78 is 34.3. The number of nitrogens with one attached hydrogen (secondary N) is 2. The number of nitrogens with zero attached hydrogens (tertiary/aromatic N) is 4. The van der Waals surface area contributed by atoms with Crippen molar-refractivity contribution in [3.8, 4) is 17.0 Å². The van der Waals surface area contributed by atoms with Gasteiger partial charge in [0, 0.05) is 54.8 Å². The van der Waals surface area contributed by atoms with Gasteiger partial charge in [-0.3, -0.25) is 0 Å². The average molecular weight is 398 g/mol. The van der Waals surface area contributed by atoms with Crippen molar-refractivity contribution in [2.75, 3.05) is 12.4 Å². The minimum absolute atomic E-state index is 0.0742. The lowest BCUT2D eigenvalue weighted by molar-refractivity contribution is -0.0361. The number of imidazole rings is 1. The van der Waals surface area contributed by atoms with Gasteiger partial charge in [-0.25, -0.2) is 13.8 Å². The highest BCUT2D eigenvalue weighted by Gasteiger charge is 2.35. The van der Waals surface area contributed by atoms with Crippen LogP contribution in [0.15, 0.2) is 36.9 Å². The fourth-order valence-electron chi connectivity index (χ4n) is 3.89. The SMILES string of the molecule is COc1nc(NC2CCC(F)(F)CC2)nc2[nH]cc(-c3ccc4nccn4c3)c12. The van der Waals surface area contributed by atoms with Crippen molar-refractivity contribution < 1.29 is 13.5 Å². The summed E-state index contributed by atoms with van der Waals surface area (Å²) in [6.07, 6.45) is 8.02. The van der Waals surface area contributed by atoms with Crippen LogP contribution >= 0.6 is 0 Å². The van der Waals surface area contributed by atoms with Crippen molar-refractivity contribution in [1.82, 2.24) is 24.3 Å². The summed E-state index contributed by atoms with van der Waals surface area (Å²) in [4.78, 5) is 16.5. The molecule has 0 amide bonds. The molecule has 4 aromatic heterocycles. The molecule has 0 bridgehead atoms. The van der Waals surface area contributed by atoms with Crippen molar-refractivity contribution >= 4 is 22.6 Å². The van der Waals surface area contributed by atoms with Crippen LogP contribution in [0.4, 0.5) is 14.7 Å². The van der Waals surface area contributed by atoms with Crippen LogP contribution in [-0.2, 0) is 0 Å². The Morgan fingerprint density at radius 3 is 2.86 bits per heavy atom. The minimum Gasteiger partial charge on any atom is -0.480 e. The molecular weight excluding hydrogens is 378 g/mol. The van der Waals surface area contributed by atoms with E-state index in [2.05, 4.69) is 25.3 Å². The number of ether oxygens (including phenoxy) is 1. The number of halogens is 2. The summed E-state index contributed by atoms with van der Waals surface area (Å²) in [6.45, 7) is 0. The Kier molecular flexibility index (Phi) is 4.11. The smallest absolute Gasteiger partial charge is 0.248 e. The normalized spacial score (nSPS) is 17.1. The number of hydrogen-bond donors (Lipinski definition) is 2. The number of methoxy groups -OCH3 is 1. The monoisotopic (exact) mass is 398 g/mol. The van der Waals surface area contributed by atoms with Crippen LogP contribution in [0.25, 0.3) is 27.8 Å². The van der Waals surface area contributed by atoms with Crippen molar-refractivity contribution in [3.05, 3.63) is 36.9 Å². The van der Waals surface area contributed by atoms with E-state index in [1.54, 1.807) is 13.3 Å². The van der Waals surface area contributed by atoms with E-state index in [0.717, 1.165) is 22.2 Å². The third-order valence-electron chi connectivity index (χ3n) is 5.44. The van der Waals surface area contributed by atoms with Gasteiger partial charge in [0.25, 0.3) is 0 Å². The molecule has 29 heavy (non-hydrogen) atoms. The minimum atomic E-state index is -2.56. The van der Waals surface area contributed by atoms with Gasteiger partial charge in [0.05, 0.1) is 12.5 Å². The molecule has 4 heterocycles. The summed E-state index contributed by atoms with van der Waals surface area (Å²) in [7, 11) is 1.56. The molecule has 1 aliphatic carbocycles. The fourth-order valence-corrected chi connectivity index (χ4v) is 3.89. The third kappa shape index (κ3) is 3.26. The van der Waals surface area contributed by atoms with Crippen molar-refractivity contribution in [3.63, 3.8) is 0 Å². The Morgan fingerprint density at radius 1 is 1.24 bits per heavy atom. The maximum absolute atomic E-state index is 13.4. The van der Waals surface area contributed by atoms with Crippen molar-refractivity contribution in [2.24, 2.45) is 0 Å². The highest BCUT2D eigenvalue weighted by atomic mass is 19.3. The number of pyridine rings is 1. The molecular formula is C20H20F2N6O. The maximum Gasteiger partial charge on any atom is 0.248 e. The van der Waals surface area contributed by atoms with Crippen LogP contribution in [0.2, 0.25) is 0 Å². The maximum atomic E-state index is 13.4. The molecule has 5 rings (SSSR count). The Hall–Kier alpha value is -3.23. The molecule has 0 saturated heterocycles. The van der Waals surface area contributed by atoms with Gasteiger partial charge in [0.1, 0.15) is 11.3 Å². The van der Waals surface area contributed by atoms with E-state index in [1.807, 2.05) is 35.1 Å². The summed E-state index contributed by atoms with van der Waals surface area (Å²) in [6, 6.07) is 3.85. The summed E-state index contributed by atoms with van der Waals surface area (Å²) >= 11 is 0. The van der Waals surface area contributed by atoms with Crippen LogP contribution in [0.5, 0.6) is 5.88 Å². The zero-order valence-corrected chi connectivity index (χ0v) is 15.8. The number of hydrogen-bond acceptors (Lipinski definition) is 5. The molecule has 0 spiro atoms. The van der Waals surface area contributed by atoms with Crippen molar-refractivity contribution in [2.45, 2.75) is 37.6 Å². The fraction of sp³-hybridized carbons (Fsp3) is 0.350. The van der Waals surface area contributed by atoms with Gasteiger partial charge in [0.15, 0.2) is 0 Å². The lowest BCUT2D eigenvalue weighted by Gasteiger charge is -2.28. The standard InChI is InChI=1S/C20H20F2N6O/c1-29-18-16-14(12-2-3-15-23-8-9-28(15)11-12)10-24-17(16)26-19(27-18)25-13-4-6-20(21,22)7-5-13/h2-3,8-11,13H,4-7H2,1H3,(H2,24,25,26,27). The number of alkyl halides is 2. The topological polar surface area (TPSA) is 80.1 Å². The molecule has 0 radical (unpaired) electrons. The average Bonchev–Trinajstić information content (AvgIpc) is 3.35. The zero-order valence-electron chi connectivity index (χ0n) is 15.8. The number of anilines is 1. The Morgan fingerprint density at radius 2 is 2.07 bits per heavy atom. The van der Waals surface area contributed by atoms with Crippen molar-refractivity contribution in [1.29, 1.82) is 0 Å². The number of fused-ring (bicyclic) bond motifs is 2. The van der Waals surface area contributed by atoms with E-state index in [0.29, 0.717) is 30.3 Å². The molecule has 7 nitrogen and oxygen atoms in total. The number of aromatic amines is 1. The second-order valence-electron chi connectivity index (χ2n) is 7.37. The van der Waals surface area contributed by atoms with E-state index in [4.69, 9.17) is 4.74 Å². The summed E-state index contributed by atoms with van der Waals surface area (Å²) in [5.74, 6) is -1.76. The highest BCUT2D eigenvalue weighted by Crippen LogP contribution is 2.36. The second-order valence-corrected chi connectivity index (χ2v) is 7.37. The molecule has 1 saturated carbocycles. The molecule has 9 heteroatoms. The lowest BCUT2D eigenvalue weighted by atomic mass is 9.92. The predicted octanol–water partition coefficient (Wildman–Crippen LogP) is 4.27. The van der Waals surface area contributed by atoms with Crippen LogP contribution in [0.3, 0.4) is 0 Å². The Bertz CT molecular complexity index is 1170. The molecule has 0 aliphatic heterocycles. The summed E-state index contributed by atoms with van der Waals surface area (Å²) in [5, 5.41) is 3.96. The van der Waals surface area contributed by atoms with Gasteiger partial charge in [-0.15, -0.1) is 0 Å². The van der Waals surface area contributed by atoms with Gasteiger partial charge in [-0.1, -0.05) is 0 Å². The summed E-state index contributed by atoms with van der Waals surface area (Å²) in [5.41, 5.74) is 3.37. The second kappa shape index (κ2) is 6.68. The molecule has 2 N–H and O–H groups in total. The van der Waals surface area contributed by atoms with E-state index in [-0.39, 0.29) is 18.9 Å². The van der Waals surface area contributed by atoms with Crippen LogP contribution < -0.4 is 10.1 Å². The van der Waals surface area contributed by atoms with Gasteiger partial charge in [-0.05, 0) is 25.0 Å². The number of aromatic nitrogens is 5. The van der Waals surface area contributed by atoms with E-state index < -0.39 is 5.92 Å². The first-order chi connectivity index (χ1) is 14.0. The lowest BCUT2D eigenvalue weighted by Crippen LogP contribution is -2.32. The third-order valence-corrected chi connectivity index (χ3v) is 5.44. The largest absolute Gasteiger partial charge is 0.480 e. The molecule has 4 aromatic rings. The van der Waals surface area contributed by atoms with Crippen LogP contribution in [-0.4, -0.2) is 43.4 Å². The Labute approximate surface area is 165 Å². The van der Waals surface area contributed by atoms with Crippen LogP contribution in [0, 0.1) is 0 Å². The number of rotatable bonds is 4. The van der Waals surface area contributed by atoms with Crippen LogP contribution in [0.1, 0.15) is 25.7 Å². The van der Waals surface area contributed by atoms with Gasteiger partial charge in [-0.2, -0.15) is 9.97 Å². The quantitative estimate of drug-likeness (QED) is 0.537. The first kappa shape index (κ1) is 17.8. The molecule has 1 fully saturated rings. The molecule has 0 unspecified atom stereocenters. The van der Waals surface area contributed by atoms with E-state index >= 15 is 0 Å². The number of H-pyrrole nitrogens is 1. The molecule has 0 atom stereocenters. The van der Waals surface area contributed by atoms with Gasteiger partial charge >= 0.3 is 0 Å². The van der Waals surface area contributed by atoms with E-state index in [9.17, 15) is 8.78 Å². The predicted molar refractivity (Wildman–Crippen MR) is 105 cm³/mol. The zero-order chi connectivity index (χ0) is 20.0. The first-order valence-electron chi connectivity index (χ1n) is 9.53. The van der Waals surface area contributed by atoms with Gasteiger partial charge < -0.3 is 19.4 Å². The van der Waals surface area contributed by atoms with Gasteiger partial charge in [0.2, 0.25) is 17.8 Å². The molecule has 150 valence electrons. The Balaban J connectivity index is 1.49. The molecule has 1 aliphatic rings. The highest BCUT2D eigenvalue weighted by molar-refractivity contribution is 5.97. The molecule has 0 aromatic carbocycles.